The van der Waals surface area contributed by atoms with E-state index in [9.17, 15) is 4.79 Å². The number of ether oxygens (including phenoxy) is 2. The van der Waals surface area contributed by atoms with E-state index in [1.54, 1.807) is 0 Å². The van der Waals surface area contributed by atoms with Crippen molar-refractivity contribution in [1.82, 2.24) is 0 Å². The number of hydrogen-bond acceptors (Lipinski definition) is 3. The van der Waals surface area contributed by atoms with Crippen LogP contribution >= 0.6 is 0 Å². The van der Waals surface area contributed by atoms with Crippen LogP contribution in [-0.2, 0) is 14.3 Å². The standard InChI is InChI=1S/C20H26O3/c1-12(2)13-10-19-8-5-15-18(3)6-4-7-20(15,16(19)9-14(13)21)17(23-19)22-11-18/h9-10,12,15,17H,4-8,11H2,1-3H3. The number of carbonyl (C=O) groups is 1. The van der Waals surface area contributed by atoms with Gasteiger partial charge in [-0.2, -0.15) is 0 Å². The van der Waals surface area contributed by atoms with Crippen LogP contribution in [0.5, 0.6) is 0 Å². The summed E-state index contributed by atoms with van der Waals surface area (Å²) in [6.45, 7) is 7.39. The summed E-state index contributed by atoms with van der Waals surface area (Å²) in [4.78, 5) is 12.7. The predicted octanol–water partition coefficient (Wildman–Crippen LogP) is 3.79. The minimum absolute atomic E-state index is 0.0435. The average molecular weight is 314 g/mol. The highest BCUT2D eigenvalue weighted by Crippen LogP contribution is 2.72. The number of carbonyl (C=O) groups excluding carboxylic acids is 1. The van der Waals surface area contributed by atoms with E-state index in [0.717, 1.165) is 25.0 Å². The summed E-state index contributed by atoms with van der Waals surface area (Å²) in [5, 5.41) is 0. The van der Waals surface area contributed by atoms with E-state index in [1.807, 2.05) is 6.08 Å². The van der Waals surface area contributed by atoms with Gasteiger partial charge in [-0.3, -0.25) is 4.79 Å². The molecule has 4 fully saturated rings. The van der Waals surface area contributed by atoms with E-state index in [-0.39, 0.29) is 34.4 Å². The van der Waals surface area contributed by atoms with Crippen molar-refractivity contribution in [3.05, 3.63) is 23.3 Å². The van der Waals surface area contributed by atoms with Crippen molar-refractivity contribution < 1.29 is 14.3 Å². The van der Waals surface area contributed by atoms with E-state index in [0.29, 0.717) is 5.92 Å². The molecule has 0 radical (unpaired) electrons. The molecule has 3 nitrogen and oxygen atoms in total. The van der Waals surface area contributed by atoms with Crippen molar-refractivity contribution in [3.8, 4) is 0 Å². The Bertz CT molecular complexity index is 660. The summed E-state index contributed by atoms with van der Waals surface area (Å²) in [6.07, 6.45) is 9.74. The van der Waals surface area contributed by atoms with Crippen LogP contribution < -0.4 is 0 Å². The Labute approximate surface area is 138 Å². The summed E-state index contributed by atoms with van der Waals surface area (Å²) in [6, 6.07) is 0. The fourth-order valence-electron chi connectivity index (χ4n) is 6.45. The first-order valence-corrected chi connectivity index (χ1v) is 9.20. The first kappa shape index (κ1) is 14.4. The second kappa shape index (κ2) is 4.18. The molecule has 0 N–H and O–H groups in total. The minimum Gasteiger partial charge on any atom is -0.351 e. The van der Waals surface area contributed by atoms with Gasteiger partial charge in [0.25, 0.3) is 0 Å². The molecule has 2 aliphatic heterocycles. The number of ketones is 1. The first-order chi connectivity index (χ1) is 10.9. The average Bonchev–Trinajstić information content (AvgIpc) is 2.69. The molecule has 0 amide bonds. The number of rotatable bonds is 1. The second-order valence-corrected chi connectivity index (χ2v) is 8.97. The molecule has 124 valence electrons. The smallest absolute Gasteiger partial charge is 0.181 e. The maximum absolute atomic E-state index is 12.7. The molecular weight excluding hydrogens is 288 g/mol. The molecule has 3 bridgehead atoms. The zero-order valence-corrected chi connectivity index (χ0v) is 14.4. The zero-order chi connectivity index (χ0) is 16.0. The Hall–Kier alpha value is -0.930. The van der Waals surface area contributed by atoms with Gasteiger partial charge in [0.05, 0.1) is 6.61 Å². The van der Waals surface area contributed by atoms with E-state index < -0.39 is 0 Å². The lowest BCUT2D eigenvalue weighted by molar-refractivity contribution is -0.260. The summed E-state index contributed by atoms with van der Waals surface area (Å²) in [5.41, 5.74) is 2.02. The predicted molar refractivity (Wildman–Crippen MR) is 86.7 cm³/mol. The molecule has 2 heterocycles. The third kappa shape index (κ3) is 1.52. The molecular formula is C20H26O3. The molecule has 2 saturated carbocycles. The summed E-state index contributed by atoms with van der Waals surface area (Å²) >= 11 is 0. The highest BCUT2D eigenvalue weighted by Gasteiger charge is 2.72. The summed E-state index contributed by atoms with van der Waals surface area (Å²) in [7, 11) is 0. The topological polar surface area (TPSA) is 35.5 Å². The van der Waals surface area contributed by atoms with Gasteiger partial charge in [-0.05, 0) is 60.7 Å². The molecule has 0 aromatic heterocycles. The lowest BCUT2D eigenvalue weighted by Gasteiger charge is -2.59. The number of hydrogen-bond donors (Lipinski definition) is 0. The Morgan fingerprint density at radius 3 is 2.87 bits per heavy atom. The number of allylic oxidation sites excluding steroid dienone is 2. The van der Waals surface area contributed by atoms with Crippen molar-refractivity contribution in [2.45, 2.75) is 64.8 Å². The van der Waals surface area contributed by atoms with E-state index in [1.165, 1.54) is 24.8 Å². The molecule has 3 aliphatic carbocycles. The SMILES string of the molecule is CC(C)C1=CC23CCC4C5(C)CCCC4(C2=CC1=O)C(OC5)O3. The van der Waals surface area contributed by atoms with Crippen molar-refractivity contribution >= 4 is 5.78 Å². The van der Waals surface area contributed by atoms with Gasteiger partial charge in [-0.25, -0.2) is 0 Å². The van der Waals surface area contributed by atoms with E-state index in [2.05, 4.69) is 26.8 Å². The zero-order valence-electron chi connectivity index (χ0n) is 14.4. The molecule has 3 heteroatoms. The largest absolute Gasteiger partial charge is 0.351 e. The second-order valence-electron chi connectivity index (χ2n) is 8.97. The van der Waals surface area contributed by atoms with Gasteiger partial charge >= 0.3 is 0 Å². The van der Waals surface area contributed by atoms with Crippen LogP contribution in [0.1, 0.15) is 52.9 Å². The van der Waals surface area contributed by atoms with Crippen molar-refractivity contribution in [2.24, 2.45) is 22.7 Å². The van der Waals surface area contributed by atoms with Crippen LogP contribution in [0.15, 0.2) is 23.3 Å². The van der Waals surface area contributed by atoms with Crippen LogP contribution in [-0.4, -0.2) is 24.3 Å². The van der Waals surface area contributed by atoms with Gasteiger partial charge in [0.15, 0.2) is 12.1 Å². The van der Waals surface area contributed by atoms with Gasteiger partial charge in [0.1, 0.15) is 5.60 Å². The molecule has 2 saturated heterocycles. The van der Waals surface area contributed by atoms with Crippen molar-refractivity contribution in [1.29, 1.82) is 0 Å². The van der Waals surface area contributed by atoms with Gasteiger partial charge in [0.2, 0.25) is 0 Å². The fraction of sp³-hybridized carbons (Fsp3) is 0.750. The first-order valence-electron chi connectivity index (χ1n) is 9.20. The Balaban J connectivity index is 1.71. The molecule has 5 rings (SSSR count). The van der Waals surface area contributed by atoms with E-state index in [4.69, 9.17) is 9.47 Å². The summed E-state index contributed by atoms with van der Waals surface area (Å²) in [5.74, 6) is 1.04. The molecule has 5 aliphatic rings. The van der Waals surface area contributed by atoms with Crippen molar-refractivity contribution in [2.75, 3.05) is 6.61 Å². The highest BCUT2D eigenvalue weighted by atomic mass is 16.7. The lowest BCUT2D eigenvalue weighted by atomic mass is 9.46. The van der Waals surface area contributed by atoms with Crippen LogP contribution in [0.25, 0.3) is 0 Å². The normalized spacial score (nSPS) is 50.5. The highest BCUT2D eigenvalue weighted by molar-refractivity contribution is 6.06. The van der Waals surface area contributed by atoms with Gasteiger partial charge in [-0.1, -0.05) is 27.2 Å². The Kier molecular flexibility index (Phi) is 2.62. The maximum atomic E-state index is 12.7. The maximum Gasteiger partial charge on any atom is 0.181 e. The molecule has 1 spiro atoms. The molecule has 0 aromatic carbocycles. The third-order valence-electron chi connectivity index (χ3n) is 7.44. The van der Waals surface area contributed by atoms with Gasteiger partial charge < -0.3 is 9.47 Å². The molecule has 0 aromatic rings. The minimum atomic E-state index is -0.364. The van der Waals surface area contributed by atoms with Gasteiger partial charge in [0, 0.05) is 11.0 Å². The van der Waals surface area contributed by atoms with Crippen LogP contribution in [0.4, 0.5) is 0 Å². The lowest BCUT2D eigenvalue weighted by Crippen LogP contribution is -2.59. The monoisotopic (exact) mass is 314 g/mol. The molecule has 5 unspecified atom stereocenters. The fourth-order valence-corrected chi connectivity index (χ4v) is 6.45. The van der Waals surface area contributed by atoms with Gasteiger partial charge in [-0.15, -0.1) is 0 Å². The van der Waals surface area contributed by atoms with Crippen LogP contribution in [0, 0.1) is 22.7 Å². The van der Waals surface area contributed by atoms with Crippen LogP contribution in [0.3, 0.4) is 0 Å². The molecule has 5 atom stereocenters. The molecule has 23 heavy (non-hydrogen) atoms. The quantitative estimate of drug-likeness (QED) is 0.738. The van der Waals surface area contributed by atoms with E-state index >= 15 is 0 Å². The van der Waals surface area contributed by atoms with Crippen LogP contribution in [0.2, 0.25) is 0 Å². The Morgan fingerprint density at radius 1 is 1.26 bits per heavy atom. The Morgan fingerprint density at radius 2 is 2.09 bits per heavy atom. The summed E-state index contributed by atoms with van der Waals surface area (Å²) < 4.78 is 12.8. The third-order valence-corrected chi connectivity index (χ3v) is 7.44. The van der Waals surface area contributed by atoms with Crippen molar-refractivity contribution in [3.63, 3.8) is 0 Å².